The number of nitrogen functional groups attached to an aromatic ring is 1. The van der Waals surface area contributed by atoms with Crippen molar-refractivity contribution >= 4 is 5.82 Å². The second-order valence-electron chi connectivity index (χ2n) is 6.62. The largest absolute Gasteiger partial charge is 0.493 e. The molecule has 26 heavy (non-hydrogen) atoms. The number of nitrogens with one attached hydrogen (secondary N) is 1. The van der Waals surface area contributed by atoms with Crippen molar-refractivity contribution in [2.75, 3.05) is 27.1 Å². The molecule has 0 unspecified atom stereocenters. The Balaban J connectivity index is 2.33. The minimum Gasteiger partial charge on any atom is -0.493 e. The van der Waals surface area contributed by atoms with Crippen molar-refractivity contribution in [1.82, 2.24) is 0 Å². The number of nitriles is 1. The molecule has 1 aliphatic rings. The fraction of sp³-hybridized carbons (Fsp3) is 0.400. The van der Waals surface area contributed by atoms with Gasteiger partial charge in [-0.05, 0) is 36.5 Å². The van der Waals surface area contributed by atoms with Gasteiger partial charge in [0.1, 0.15) is 17.3 Å². The van der Waals surface area contributed by atoms with Gasteiger partial charge in [-0.25, -0.2) is 4.98 Å². The summed E-state index contributed by atoms with van der Waals surface area (Å²) in [6.07, 6.45) is 2.92. The molecule has 0 spiro atoms. The summed E-state index contributed by atoms with van der Waals surface area (Å²) < 4.78 is 16.4. The van der Waals surface area contributed by atoms with Crippen LogP contribution in [0, 0.1) is 17.2 Å². The fourth-order valence-corrected chi connectivity index (χ4v) is 3.68. The number of aromatic amines is 1. The van der Waals surface area contributed by atoms with E-state index in [1.54, 1.807) is 21.3 Å². The molecule has 136 valence electrons. The van der Waals surface area contributed by atoms with E-state index >= 15 is 0 Å². The number of pyridine rings is 1. The van der Waals surface area contributed by atoms with Gasteiger partial charge in [0.15, 0.2) is 11.5 Å². The number of anilines is 1. The second kappa shape index (κ2) is 7.12. The topological polar surface area (TPSA) is 91.6 Å². The molecule has 6 nitrogen and oxygen atoms in total. The Labute approximate surface area is 153 Å². The zero-order valence-corrected chi connectivity index (χ0v) is 15.6. The molecule has 1 atom stereocenters. The van der Waals surface area contributed by atoms with E-state index in [1.807, 2.05) is 12.1 Å². The molecular weight excluding hydrogens is 330 g/mol. The first-order valence-corrected chi connectivity index (χ1v) is 8.61. The van der Waals surface area contributed by atoms with Crippen LogP contribution in [0.25, 0.3) is 11.1 Å². The summed E-state index contributed by atoms with van der Waals surface area (Å²) in [6, 6.07) is 6.00. The lowest BCUT2D eigenvalue weighted by atomic mass is 9.82. The highest BCUT2D eigenvalue weighted by atomic mass is 16.5. The van der Waals surface area contributed by atoms with Crippen molar-refractivity contribution < 1.29 is 19.2 Å². The van der Waals surface area contributed by atoms with Gasteiger partial charge in [-0.1, -0.05) is 6.92 Å². The zero-order chi connectivity index (χ0) is 18.8. The Morgan fingerprint density at radius 2 is 1.81 bits per heavy atom. The Morgan fingerprint density at radius 3 is 2.35 bits per heavy atom. The van der Waals surface area contributed by atoms with Crippen molar-refractivity contribution in [3.63, 3.8) is 0 Å². The van der Waals surface area contributed by atoms with Gasteiger partial charge in [0, 0.05) is 17.5 Å². The van der Waals surface area contributed by atoms with Gasteiger partial charge in [0.25, 0.3) is 5.82 Å². The summed E-state index contributed by atoms with van der Waals surface area (Å²) >= 11 is 0. The van der Waals surface area contributed by atoms with Gasteiger partial charge in [-0.15, -0.1) is 0 Å². The molecule has 1 aliphatic carbocycles. The molecule has 2 aromatic rings. The third-order valence-corrected chi connectivity index (χ3v) is 4.98. The molecule has 0 fully saturated rings. The molecule has 3 rings (SSSR count). The number of methoxy groups -OCH3 is 3. The number of nitrogens with two attached hydrogens (primary N) is 1. The van der Waals surface area contributed by atoms with E-state index in [9.17, 15) is 5.26 Å². The number of ether oxygens (including phenoxy) is 3. The summed E-state index contributed by atoms with van der Waals surface area (Å²) in [5, 5.41) is 9.74. The van der Waals surface area contributed by atoms with Crippen LogP contribution in [-0.2, 0) is 12.8 Å². The van der Waals surface area contributed by atoms with Crippen LogP contribution in [0.15, 0.2) is 12.1 Å². The highest BCUT2D eigenvalue weighted by Crippen LogP contribution is 2.44. The van der Waals surface area contributed by atoms with E-state index in [0.717, 1.165) is 41.6 Å². The lowest BCUT2D eigenvalue weighted by Crippen LogP contribution is -2.27. The van der Waals surface area contributed by atoms with Crippen molar-refractivity contribution in [3.05, 3.63) is 29.0 Å². The number of H-pyrrole nitrogens is 1. The van der Waals surface area contributed by atoms with Crippen LogP contribution in [0.4, 0.5) is 5.82 Å². The monoisotopic (exact) mass is 354 g/mol. The molecule has 3 N–H and O–H groups in total. The average molecular weight is 354 g/mol. The Hall–Kier alpha value is -2.94. The highest BCUT2D eigenvalue weighted by Gasteiger charge is 2.28. The lowest BCUT2D eigenvalue weighted by Gasteiger charge is -2.23. The predicted octanol–water partition coefficient (Wildman–Crippen LogP) is 2.77. The molecule has 1 aromatic heterocycles. The third kappa shape index (κ3) is 2.90. The summed E-state index contributed by atoms with van der Waals surface area (Å²) in [5.74, 6) is 2.57. The lowest BCUT2D eigenvalue weighted by molar-refractivity contribution is -0.375. The molecule has 1 heterocycles. The van der Waals surface area contributed by atoms with E-state index in [-0.39, 0.29) is 0 Å². The maximum absolute atomic E-state index is 9.74. The van der Waals surface area contributed by atoms with E-state index in [0.29, 0.717) is 34.5 Å². The molecular formula is C20H24N3O3+. The number of aryl methyl sites for hydroxylation is 1. The highest BCUT2D eigenvalue weighted by molar-refractivity contribution is 5.81. The van der Waals surface area contributed by atoms with Crippen LogP contribution < -0.4 is 24.9 Å². The number of hydrogen-bond acceptors (Lipinski definition) is 5. The Bertz CT molecular complexity index is 862. The van der Waals surface area contributed by atoms with Crippen LogP contribution in [0.1, 0.15) is 30.2 Å². The van der Waals surface area contributed by atoms with Crippen molar-refractivity contribution in [1.29, 1.82) is 5.26 Å². The first-order valence-electron chi connectivity index (χ1n) is 8.61. The summed E-state index contributed by atoms with van der Waals surface area (Å²) in [6.45, 7) is 2.23. The normalized spacial score (nSPS) is 15.7. The smallest absolute Gasteiger partial charge is 0.289 e. The molecule has 0 saturated carbocycles. The molecule has 0 radical (unpaired) electrons. The number of benzene rings is 1. The number of nitrogens with zero attached hydrogens (tertiary/aromatic N) is 1. The average Bonchev–Trinajstić information content (AvgIpc) is 2.65. The standard InChI is InChI=1S/C20H23N3O3/c1-11-5-6-15-13(7-11)18(14(10-21)20(22)23-15)12-8-16(24-2)19(26-4)17(9-12)25-3/h8-9,11H,5-7H2,1-4H3,(H2,22,23)/p+1/t11-/m0/s1. The minimum absolute atomic E-state index is 0.393. The molecule has 0 bridgehead atoms. The van der Waals surface area contributed by atoms with E-state index in [2.05, 4.69) is 18.0 Å². The fourth-order valence-electron chi connectivity index (χ4n) is 3.68. The quantitative estimate of drug-likeness (QED) is 0.911. The maximum atomic E-state index is 9.74. The third-order valence-electron chi connectivity index (χ3n) is 4.98. The first-order chi connectivity index (χ1) is 12.5. The van der Waals surface area contributed by atoms with Gasteiger partial charge in [-0.3, -0.25) is 5.73 Å². The molecule has 0 aliphatic heterocycles. The summed E-state index contributed by atoms with van der Waals surface area (Å²) in [4.78, 5) is 3.23. The predicted molar refractivity (Wildman–Crippen MR) is 98.4 cm³/mol. The van der Waals surface area contributed by atoms with Gasteiger partial charge in [-0.2, -0.15) is 5.26 Å². The van der Waals surface area contributed by atoms with Crippen molar-refractivity contribution in [2.24, 2.45) is 5.92 Å². The minimum atomic E-state index is 0.393. The van der Waals surface area contributed by atoms with Gasteiger partial charge in [0.05, 0.1) is 21.3 Å². The van der Waals surface area contributed by atoms with Gasteiger partial charge in [0.2, 0.25) is 5.75 Å². The molecule has 0 amide bonds. The van der Waals surface area contributed by atoms with Crippen LogP contribution in [0.3, 0.4) is 0 Å². The SMILES string of the molecule is COc1cc(-c2c(C#N)c(N)[nH+]c3c2C[C@@H](C)CC3)cc(OC)c1OC. The number of fused-ring (bicyclic) bond motifs is 1. The van der Waals surface area contributed by atoms with E-state index in [1.165, 1.54) is 0 Å². The summed E-state index contributed by atoms with van der Waals surface area (Å²) in [7, 11) is 4.73. The van der Waals surface area contributed by atoms with Gasteiger partial charge < -0.3 is 14.2 Å². The number of hydrogen-bond donors (Lipinski definition) is 1. The molecule has 6 heteroatoms. The van der Waals surface area contributed by atoms with Crippen molar-refractivity contribution in [3.8, 4) is 34.4 Å². The van der Waals surface area contributed by atoms with Gasteiger partial charge >= 0.3 is 0 Å². The Kier molecular flexibility index (Phi) is 4.90. The Morgan fingerprint density at radius 1 is 1.15 bits per heavy atom. The van der Waals surface area contributed by atoms with Crippen LogP contribution in [-0.4, -0.2) is 21.3 Å². The van der Waals surface area contributed by atoms with E-state index < -0.39 is 0 Å². The van der Waals surface area contributed by atoms with Crippen LogP contribution in [0.5, 0.6) is 17.2 Å². The number of rotatable bonds is 4. The second-order valence-corrected chi connectivity index (χ2v) is 6.62. The van der Waals surface area contributed by atoms with E-state index in [4.69, 9.17) is 19.9 Å². The number of aromatic nitrogens is 1. The van der Waals surface area contributed by atoms with Crippen molar-refractivity contribution in [2.45, 2.75) is 26.2 Å². The van der Waals surface area contributed by atoms with Crippen LogP contribution >= 0.6 is 0 Å². The summed E-state index contributed by atoms with van der Waals surface area (Å²) in [5.41, 5.74) is 10.5. The molecule has 1 aromatic carbocycles. The molecule has 0 saturated heterocycles. The first kappa shape index (κ1) is 17.9. The maximum Gasteiger partial charge on any atom is 0.289 e. The zero-order valence-electron chi connectivity index (χ0n) is 15.6. The van der Waals surface area contributed by atoms with Crippen LogP contribution in [0.2, 0.25) is 0 Å².